The number of benzene rings is 2. The molecule has 4 rings (SSSR count). The number of carbonyl (C=O) groups excluding carboxylic acids is 1. The Bertz CT molecular complexity index is 1090. The maximum Gasteiger partial charge on any atom is 0.251 e. The number of hydrogen-bond donors (Lipinski definition) is 1. The predicted molar refractivity (Wildman–Crippen MR) is 131 cm³/mol. The van der Waals surface area contributed by atoms with E-state index in [9.17, 15) is 17.6 Å². The fourth-order valence-corrected chi connectivity index (χ4v) is 6.34. The van der Waals surface area contributed by atoms with Crippen molar-refractivity contribution in [2.24, 2.45) is 0 Å². The third-order valence-electron chi connectivity index (χ3n) is 6.66. The van der Waals surface area contributed by atoms with Crippen molar-refractivity contribution in [2.75, 3.05) is 57.3 Å². The fraction of sp³-hybridized carbons (Fsp3) is 0.480. The molecule has 1 amide bonds. The molecule has 0 saturated carbocycles. The summed E-state index contributed by atoms with van der Waals surface area (Å²) in [4.78, 5) is 17.5. The van der Waals surface area contributed by atoms with E-state index in [2.05, 4.69) is 15.1 Å². The molecule has 7 nitrogen and oxygen atoms in total. The first kappa shape index (κ1) is 24.6. The lowest BCUT2D eigenvalue weighted by molar-refractivity contribution is 0.0947. The smallest absolute Gasteiger partial charge is 0.251 e. The summed E-state index contributed by atoms with van der Waals surface area (Å²) in [5.74, 6) is -0.497. The predicted octanol–water partition coefficient (Wildman–Crippen LogP) is 2.86. The van der Waals surface area contributed by atoms with Gasteiger partial charge in [-0.2, -0.15) is 4.31 Å². The maximum absolute atomic E-state index is 13.1. The number of hydrogen-bond acceptors (Lipinski definition) is 5. The standard InChI is InChI=1S/C25H33FN4O3S/c1-20-5-6-21(19-24(20)34(32,33)30-12-3-2-4-13-30)25(31)27-11-14-28-15-17-29(18-16-28)23-9-7-22(26)8-10-23/h5-10,19H,2-4,11-18H2,1H3,(H,27,31). The van der Waals surface area contributed by atoms with Crippen LogP contribution in [0.3, 0.4) is 0 Å². The Morgan fingerprint density at radius 2 is 1.62 bits per heavy atom. The summed E-state index contributed by atoms with van der Waals surface area (Å²) >= 11 is 0. The van der Waals surface area contributed by atoms with Crippen molar-refractivity contribution < 1.29 is 17.6 Å². The van der Waals surface area contributed by atoms with E-state index in [0.717, 1.165) is 51.1 Å². The molecule has 2 aliphatic heterocycles. The van der Waals surface area contributed by atoms with Gasteiger partial charge in [0, 0.05) is 63.6 Å². The molecule has 184 valence electrons. The fourth-order valence-electron chi connectivity index (χ4n) is 4.57. The van der Waals surface area contributed by atoms with Gasteiger partial charge in [0.25, 0.3) is 5.91 Å². The second-order valence-electron chi connectivity index (χ2n) is 9.01. The molecule has 2 saturated heterocycles. The first-order valence-corrected chi connectivity index (χ1v) is 13.4. The van der Waals surface area contributed by atoms with E-state index in [1.54, 1.807) is 31.2 Å². The van der Waals surface area contributed by atoms with Gasteiger partial charge in [0.1, 0.15) is 5.82 Å². The maximum atomic E-state index is 13.1. The Morgan fingerprint density at radius 1 is 0.941 bits per heavy atom. The van der Waals surface area contributed by atoms with Gasteiger partial charge in [-0.05, 0) is 61.7 Å². The van der Waals surface area contributed by atoms with E-state index < -0.39 is 10.0 Å². The molecule has 0 bridgehead atoms. The first-order valence-electron chi connectivity index (χ1n) is 12.0. The van der Waals surface area contributed by atoms with Gasteiger partial charge < -0.3 is 10.2 Å². The van der Waals surface area contributed by atoms with Gasteiger partial charge in [-0.15, -0.1) is 0 Å². The molecule has 2 aromatic carbocycles. The second-order valence-corrected chi connectivity index (χ2v) is 10.9. The van der Waals surface area contributed by atoms with Crippen LogP contribution in [0.15, 0.2) is 47.4 Å². The number of carbonyl (C=O) groups is 1. The highest BCUT2D eigenvalue weighted by atomic mass is 32.2. The molecule has 2 fully saturated rings. The Balaban J connectivity index is 1.29. The van der Waals surface area contributed by atoms with Crippen molar-refractivity contribution in [3.05, 3.63) is 59.4 Å². The Hall–Kier alpha value is -2.49. The number of amides is 1. The minimum absolute atomic E-state index is 0.221. The molecule has 0 spiro atoms. The molecule has 2 aliphatic rings. The van der Waals surface area contributed by atoms with Crippen LogP contribution in [0.4, 0.5) is 10.1 Å². The minimum Gasteiger partial charge on any atom is -0.369 e. The van der Waals surface area contributed by atoms with Gasteiger partial charge in [0.2, 0.25) is 10.0 Å². The molecule has 2 heterocycles. The van der Waals surface area contributed by atoms with Crippen LogP contribution in [0.1, 0.15) is 35.2 Å². The Kier molecular flexibility index (Phi) is 7.85. The monoisotopic (exact) mass is 488 g/mol. The SMILES string of the molecule is Cc1ccc(C(=O)NCCN2CCN(c3ccc(F)cc3)CC2)cc1S(=O)(=O)N1CCCCC1. The minimum atomic E-state index is -3.60. The van der Waals surface area contributed by atoms with Crippen molar-refractivity contribution in [2.45, 2.75) is 31.1 Å². The van der Waals surface area contributed by atoms with Crippen LogP contribution in [-0.2, 0) is 10.0 Å². The van der Waals surface area contributed by atoms with Crippen molar-refractivity contribution in [3.8, 4) is 0 Å². The molecular weight excluding hydrogens is 455 g/mol. The van der Waals surface area contributed by atoms with Crippen molar-refractivity contribution in [1.29, 1.82) is 0 Å². The van der Waals surface area contributed by atoms with Gasteiger partial charge in [-0.1, -0.05) is 12.5 Å². The quantitative estimate of drug-likeness (QED) is 0.649. The molecule has 0 unspecified atom stereocenters. The van der Waals surface area contributed by atoms with Gasteiger partial charge in [-0.3, -0.25) is 9.69 Å². The number of sulfonamides is 1. The van der Waals surface area contributed by atoms with E-state index in [-0.39, 0.29) is 16.6 Å². The highest BCUT2D eigenvalue weighted by Gasteiger charge is 2.28. The summed E-state index contributed by atoms with van der Waals surface area (Å²) in [6.45, 7) is 7.44. The number of aryl methyl sites for hydroxylation is 1. The van der Waals surface area contributed by atoms with Crippen LogP contribution < -0.4 is 10.2 Å². The lowest BCUT2D eigenvalue weighted by atomic mass is 10.1. The van der Waals surface area contributed by atoms with Crippen LogP contribution >= 0.6 is 0 Å². The zero-order valence-electron chi connectivity index (χ0n) is 19.7. The molecule has 1 N–H and O–H groups in total. The summed E-state index contributed by atoms with van der Waals surface area (Å²) in [7, 11) is -3.60. The number of rotatable bonds is 7. The lowest BCUT2D eigenvalue weighted by Crippen LogP contribution is -2.48. The Labute approximate surface area is 201 Å². The molecule has 0 radical (unpaired) electrons. The number of piperazine rings is 1. The van der Waals surface area contributed by atoms with E-state index in [1.807, 2.05) is 0 Å². The van der Waals surface area contributed by atoms with Crippen LogP contribution in [0.25, 0.3) is 0 Å². The van der Waals surface area contributed by atoms with Crippen LogP contribution in [-0.4, -0.2) is 75.9 Å². The number of nitrogens with zero attached hydrogens (tertiary/aromatic N) is 3. The Morgan fingerprint density at radius 3 is 2.29 bits per heavy atom. The summed E-state index contributed by atoms with van der Waals surface area (Å²) in [5, 5.41) is 2.93. The molecule has 9 heteroatoms. The molecular formula is C25H33FN4O3S. The van der Waals surface area contributed by atoms with Crippen molar-refractivity contribution >= 4 is 21.6 Å². The van der Waals surface area contributed by atoms with Crippen LogP contribution in [0.2, 0.25) is 0 Å². The molecule has 0 aliphatic carbocycles. The largest absolute Gasteiger partial charge is 0.369 e. The van der Waals surface area contributed by atoms with Gasteiger partial charge in [0.15, 0.2) is 0 Å². The van der Waals surface area contributed by atoms with Crippen molar-refractivity contribution in [3.63, 3.8) is 0 Å². The molecule has 0 aromatic heterocycles. The topological polar surface area (TPSA) is 73.0 Å². The summed E-state index contributed by atoms with van der Waals surface area (Å²) < 4.78 is 40.9. The van der Waals surface area contributed by atoms with E-state index in [0.29, 0.717) is 37.3 Å². The van der Waals surface area contributed by atoms with Gasteiger partial charge in [0.05, 0.1) is 4.90 Å². The van der Waals surface area contributed by atoms with Crippen LogP contribution in [0.5, 0.6) is 0 Å². The average molecular weight is 489 g/mol. The van der Waals surface area contributed by atoms with Crippen LogP contribution in [0, 0.1) is 12.7 Å². The zero-order valence-corrected chi connectivity index (χ0v) is 20.5. The first-order chi connectivity index (χ1) is 16.3. The van der Waals surface area contributed by atoms with E-state index in [1.165, 1.54) is 22.5 Å². The third-order valence-corrected chi connectivity index (χ3v) is 8.70. The summed E-state index contributed by atoms with van der Waals surface area (Å²) in [6.07, 6.45) is 2.79. The average Bonchev–Trinajstić information content (AvgIpc) is 2.85. The highest BCUT2D eigenvalue weighted by Crippen LogP contribution is 2.24. The third kappa shape index (κ3) is 5.76. The lowest BCUT2D eigenvalue weighted by Gasteiger charge is -2.36. The summed E-state index contributed by atoms with van der Waals surface area (Å²) in [5.41, 5.74) is 2.03. The molecule has 2 aromatic rings. The molecule has 0 atom stereocenters. The van der Waals surface area contributed by atoms with E-state index >= 15 is 0 Å². The number of anilines is 1. The highest BCUT2D eigenvalue weighted by molar-refractivity contribution is 7.89. The zero-order chi connectivity index (χ0) is 24.1. The van der Waals surface area contributed by atoms with Gasteiger partial charge in [-0.25, -0.2) is 12.8 Å². The van der Waals surface area contributed by atoms with E-state index in [4.69, 9.17) is 0 Å². The summed E-state index contributed by atoms with van der Waals surface area (Å²) in [6, 6.07) is 11.5. The number of nitrogens with one attached hydrogen (secondary N) is 1. The van der Waals surface area contributed by atoms with Gasteiger partial charge >= 0.3 is 0 Å². The number of halogens is 1. The molecule has 34 heavy (non-hydrogen) atoms. The second kappa shape index (κ2) is 10.8. The normalized spacial score (nSPS) is 18.1. The number of piperidine rings is 1. The van der Waals surface area contributed by atoms with Crippen molar-refractivity contribution in [1.82, 2.24) is 14.5 Å².